The SMILES string of the molecule is C#CCCC(NC(=O)[C@@H]1[C@@H]2C(CN1C(=O)[C@@H](NC(=O)NC1(CSCc3ccco3)CCCCC1)C(C)(C)C)C2(C)C)C(=O)C(=O)NCC=C.C#CCCC(NC(=O)[C@@H]1[C@@H]2C(CN1C(=O)[C@@H](NC(=O)NC1(CSc3ccccc3)CCCCC1)C(C)(C)C)C2(C)C)C(=O)C(N)=O.CC(C)[C@@H](CCCc1ccccc1)NC(=O)N[C@H](C(=O)N1CC2[C@@H]([C@H]1C(=O)NC(CC1CC1)C(=O)C(N)=O)C2(C)C)C(C)(C)C. The molecule has 2 aromatic carbocycles. The number of likely N-dealkylation sites (tertiary alicyclic amines) is 3. The number of urea groups is 3. The number of amides is 15. The second-order valence-electron chi connectivity index (χ2n) is 45.6. The maximum atomic E-state index is 14.4. The van der Waals surface area contributed by atoms with E-state index in [1.165, 1.54) is 11.6 Å². The Morgan fingerprint density at radius 1 is 0.507 bits per heavy atom. The predicted octanol–water partition coefficient (Wildman–Crippen LogP) is 11.4. The van der Waals surface area contributed by atoms with Crippen LogP contribution in [0, 0.1) is 105 Å². The summed E-state index contributed by atoms with van der Waals surface area (Å²) in [4.78, 5) is 205. The van der Waals surface area contributed by atoms with Crippen molar-refractivity contribution in [1.29, 1.82) is 0 Å². The number of fused-ring (bicyclic) bond motifs is 3. The highest BCUT2D eigenvalue weighted by Gasteiger charge is 2.73. The molecule has 33 heteroatoms. The van der Waals surface area contributed by atoms with Gasteiger partial charge in [-0.15, -0.1) is 43.0 Å². The largest absolute Gasteiger partial charge is 0.468 e. The summed E-state index contributed by atoms with van der Waals surface area (Å²) in [5, 5.41) is 29.3. The molecule has 3 aliphatic heterocycles. The molecule has 1 aromatic heterocycles. The number of carbonyl (C=O) groups excluding carboxylic acids is 15. The maximum absolute atomic E-state index is 14.4. The molecule has 140 heavy (non-hydrogen) atoms. The third-order valence-corrected chi connectivity index (χ3v) is 33.2. The van der Waals surface area contributed by atoms with Crippen molar-refractivity contribution in [2.24, 2.45) is 91.3 Å². The summed E-state index contributed by atoms with van der Waals surface area (Å²) in [7, 11) is 0. The van der Waals surface area contributed by atoms with E-state index in [2.05, 4.69) is 151 Å². The molecule has 0 bridgehead atoms. The van der Waals surface area contributed by atoms with E-state index >= 15 is 0 Å². The number of carbonyl (C=O) groups is 15. The molecule has 3 saturated heterocycles. The number of nitrogens with zero attached hydrogens (tertiary/aromatic N) is 3. The second kappa shape index (κ2) is 47.0. The zero-order chi connectivity index (χ0) is 103. The van der Waals surface area contributed by atoms with Gasteiger partial charge in [-0.05, 0) is 174 Å². The van der Waals surface area contributed by atoms with Crippen LogP contribution in [-0.2, 0) is 69.7 Å². The lowest BCUT2D eigenvalue weighted by Crippen LogP contribution is -2.63. The zero-order valence-corrected chi connectivity index (χ0v) is 86.9. The van der Waals surface area contributed by atoms with Crippen molar-refractivity contribution < 1.29 is 76.3 Å². The fourth-order valence-electron chi connectivity index (χ4n) is 21.8. The van der Waals surface area contributed by atoms with Crippen LogP contribution in [0.25, 0.3) is 0 Å². The number of Topliss-reactive ketones (excluding diaryl/α,β-unsaturated/α-hetero) is 3. The Bertz CT molecular complexity index is 5030. The number of terminal acetylenes is 2. The molecule has 12 rings (SSSR count). The lowest BCUT2D eigenvalue weighted by atomic mass is 9.83. The number of furan rings is 1. The van der Waals surface area contributed by atoms with Gasteiger partial charge in [-0.1, -0.05) is 224 Å². The fourth-order valence-corrected chi connectivity index (χ4v) is 24.1. The smallest absolute Gasteiger partial charge is 0.315 e. The summed E-state index contributed by atoms with van der Waals surface area (Å²) in [6, 6.07) is 14.2. The van der Waals surface area contributed by atoms with E-state index in [1.54, 1.807) is 44.5 Å². The molecule has 15 amide bonds. The maximum Gasteiger partial charge on any atom is 0.315 e. The van der Waals surface area contributed by atoms with Gasteiger partial charge in [-0.2, -0.15) is 11.8 Å². The summed E-state index contributed by atoms with van der Waals surface area (Å²) < 4.78 is 5.49. The molecule has 14 N–H and O–H groups in total. The van der Waals surface area contributed by atoms with Crippen molar-refractivity contribution in [2.75, 3.05) is 37.7 Å². The summed E-state index contributed by atoms with van der Waals surface area (Å²) in [5.41, 5.74) is 8.46. The van der Waals surface area contributed by atoms with Gasteiger partial charge in [0, 0.05) is 61.5 Å². The average Bonchev–Trinajstić information content (AvgIpc) is 1.53. The molecule has 3 aromatic rings. The number of primary amides is 2. The number of thioether (sulfide) groups is 2. The van der Waals surface area contributed by atoms with Crippen LogP contribution in [0.5, 0.6) is 0 Å². The highest BCUT2D eigenvalue weighted by Crippen LogP contribution is 2.67. The Morgan fingerprint density at radius 3 is 1.29 bits per heavy atom. The van der Waals surface area contributed by atoms with Crippen molar-refractivity contribution >= 4 is 112 Å². The molecule has 9 aliphatic rings. The molecule has 4 heterocycles. The molecule has 6 unspecified atom stereocenters. The lowest BCUT2D eigenvalue weighted by molar-refractivity contribution is -0.145. The van der Waals surface area contributed by atoms with Crippen molar-refractivity contribution in [3.8, 4) is 24.7 Å². The molecule has 0 radical (unpaired) electrons. The van der Waals surface area contributed by atoms with Gasteiger partial charge in [-0.25, -0.2) is 14.4 Å². The Morgan fingerprint density at radius 2 is 0.907 bits per heavy atom. The van der Waals surface area contributed by atoms with E-state index < -0.39 is 153 Å². The summed E-state index contributed by atoms with van der Waals surface area (Å²) >= 11 is 3.43. The Hall–Kier alpha value is -10.7. The van der Waals surface area contributed by atoms with E-state index in [-0.39, 0.29) is 120 Å². The molecular weight excluding hydrogens is 1820 g/mol. The van der Waals surface area contributed by atoms with Crippen molar-refractivity contribution in [2.45, 2.75) is 328 Å². The molecule has 766 valence electrons. The predicted molar refractivity (Wildman–Crippen MR) is 541 cm³/mol. The number of ketones is 3. The van der Waals surface area contributed by atoms with Crippen molar-refractivity contribution in [1.82, 2.24) is 67.9 Å². The number of nitrogens with two attached hydrogens (primary N) is 2. The number of nitrogens with one attached hydrogen (secondary N) is 10. The third-order valence-electron chi connectivity index (χ3n) is 30.7. The summed E-state index contributed by atoms with van der Waals surface area (Å²) in [6.07, 6.45) is 28.9. The summed E-state index contributed by atoms with van der Waals surface area (Å²) in [6.45, 7) is 38.3. The number of benzene rings is 2. The van der Waals surface area contributed by atoms with Gasteiger partial charge < -0.3 is 83.8 Å². The van der Waals surface area contributed by atoms with E-state index in [4.69, 9.17) is 28.7 Å². The normalized spacial score (nSPS) is 23.7. The van der Waals surface area contributed by atoms with E-state index in [1.807, 2.05) is 111 Å². The van der Waals surface area contributed by atoms with E-state index in [0.29, 0.717) is 37.6 Å². The van der Waals surface area contributed by atoms with Crippen LogP contribution in [0.1, 0.15) is 251 Å². The van der Waals surface area contributed by atoms with Gasteiger partial charge in [0.05, 0.1) is 41.2 Å². The highest BCUT2D eigenvalue weighted by molar-refractivity contribution is 7.99. The quantitative estimate of drug-likeness (QED) is 0.0109. The minimum absolute atomic E-state index is 0.0544. The number of rotatable bonds is 41. The molecule has 9 fully saturated rings. The minimum Gasteiger partial charge on any atom is -0.468 e. The molecule has 31 nitrogen and oxygen atoms in total. The van der Waals surface area contributed by atoms with E-state index in [0.717, 1.165) is 113 Å². The number of piperidine rings is 3. The van der Waals surface area contributed by atoms with Gasteiger partial charge in [0.1, 0.15) is 42.0 Å². The van der Waals surface area contributed by atoms with Crippen LogP contribution in [-0.4, -0.2) is 212 Å². The second-order valence-corrected chi connectivity index (χ2v) is 47.7. The molecule has 0 spiro atoms. The van der Waals surface area contributed by atoms with Gasteiger partial charge in [0.2, 0.25) is 52.8 Å². The fraction of sp³-hybridized carbons (Fsp3) is 0.654. The zero-order valence-electron chi connectivity index (χ0n) is 85.3. The third kappa shape index (κ3) is 28.2. The van der Waals surface area contributed by atoms with Crippen LogP contribution in [0.15, 0.2) is 101 Å². The minimum atomic E-state index is -1.18. The van der Waals surface area contributed by atoms with Crippen LogP contribution in [0.2, 0.25) is 0 Å². The first-order valence-corrected chi connectivity index (χ1v) is 52.3. The number of hydrogen-bond donors (Lipinski definition) is 12. The molecule has 6 aliphatic carbocycles. The Kier molecular flexibility index (Phi) is 37.4. The molecular formula is C107H155N15O16S2. The van der Waals surface area contributed by atoms with E-state index in [9.17, 15) is 71.9 Å². The Labute approximate surface area is 836 Å². The Balaban J connectivity index is 0.000000216. The first-order valence-electron chi connectivity index (χ1n) is 50.1. The van der Waals surface area contributed by atoms with Crippen LogP contribution in [0.4, 0.5) is 14.4 Å². The van der Waals surface area contributed by atoms with Gasteiger partial charge in [0.25, 0.3) is 17.7 Å². The first kappa shape index (κ1) is 111. The van der Waals surface area contributed by atoms with Gasteiger partial charge in [-0.3, -0.25) is 57.5 Å². The van der Waals surface area contributed by atoms with Gasteiger partial charge >= 0.3 is 18.1 Å². The standard InChI is InChI=1S/C37H53N5O6S.C35H49N5O5S.C35H53N5O5/c1-8-10-16-26(29(43)32(45)38-19-9-2)39-31(44)28-27-25(36(27,6)7)21-42(28)33(46)30(35(3,4)5)40-34(47)41-37(17-12-11-13-18-37)23-49-22-24-15-14-20-48-24;1-7-8-17-24(27(41)29(36)42)37-30(43)26-25-23(34(25,5)6)20-40(26)31(44)28(33(2,3)4)38-32(45)39-35(18-13-10-14-19-35)21-46-22-15-11-9-12-16-22;1-20(2)24(15-11-14-21-12-9-8-10-13-21)38-33(45)39-29(34(3,4)5)32(44)40-19-23-26(35(23,6)7)27(40)31(43)37-25(18-22-16-17-22)28(41)30(36)42/h1,9,14-15,20,25-28,30H,2,10-13,16-19,21-23H2,3-7H3,(H,38,45)(H,39,44)(H2,40,41,47);1,9,11-12,15-16,23-26,28H,8,10,13-14,17-21H2,2-6H3,(H2,36,42)(H,37,43)(H2,38,39,45);8-10,12-13,20,22-27,29H,11,14-19H2,1-7H3,(H2,36,42)(H,37,43)(H2,38,39,45)/t25?,26?,27-,28-,30+;23?,24?,25-,26-,28+;23?,24-,25?,26+,27+,29-/m001/s1. The average molecular weight is 1970 g/mol. The monoisotopic (exact) mass is 1970 g/mol. The molecule has 16 atom stereocenters. The van der Waals surface area contributed by atoms with Crippen LogP contribution in [0.3, 0.4) is 0 Å². The van der Waals surface area contributed by atoms with Crippen LogP contribution < -0.4 is 64.6 Å². The number of aryl methyl sites for hydroxylation is 1. The lowest BCUT2D eigenvalue weighted by Gasteiger charge is -2.40. The van der Waals surface area contributed by atoms with Crippen molar-refractivity contribution in [3.63, 3.8) is 0 Å². The molecule has 6 saturated carbocycles. The van der Waals surface area contributed by atoms with Crippen LogP contribution >= 0.6 is 23.5 Å². The number of hydrogen-bond acceptors (Lipinski definition) is 18. The van der Waals surface area contributed by atoms with Crippen molar-refractivity contribution in [3.05, 3.63) is 103 Å². The topological polar surface area (TPSA) is 451 Å². The highest BCUT2D eigenvalue weighted by atomic mass is 32.2. The summed E-state index contributed by atoms with van der Waals surface area (Å²) in [5.74, 6) is 0.133. The van der Waals surface area contributed by atoms with Gasteiger partial charge in [0.15, 0.2) is 0 Å². The first-order chi connectivity index (χ1) is 65.8.